The van der Waals surface area contributed by atoms with Crippen molar-refractivity contribution >= 4 is 5.91 Å². The Morgan fingerprint density at radius 1 is 1.22 bits per heavy atom. The van der Waals surface area contributed by atoms with Gasteiger partial charge < -0.3 is 5.32 Å². The van der Waals surface area contributed by atoms with Gasteiger partial charge in [0, 0.05) is 36.9 Å². The minimum absolute atomic E-state index is 0.289. The predicted octanol–water partition coefficient (Wildman–Crippen LogP) is 2.04. The van der Waals surface area contributed by atoms with Gasteiger partial charge in [0.15, 0.2) is 0 Å². The van der Waals surface area contributed by atoms with Crippen molar-refractivity contribution in [2.24, 2.45) is 0 Å². The van der Waals surface area contributed by atoms with Crippen LogP contribution in [0.2, 0.25) is 0 Å². The van der Waals surface area contributed by atoms with E-state index >= 15 is 0 Å². The van der Waals surface area contributed by atoms with Gasteiger partial charge in [0.05, 0.1) is 5.56 Å². The summed E-state index contributed by atoms with van der Waals surface area (Å²) >= 11 is 0. The first-order valence-electron chi connectivity index (χ1n) is 6.99. The van der Waals surface area contributed by atoms with Crippen LogP contribution in [0.1, 0.15) is 21.7 Å². The van der Waals surface area contributed by atoms with E-state index in [2.05, 4.69) is 20.3 Å². The molecule has 3 aromatic heterocycles. The second kappa shape index (κ2) is 6.35. The second-order valence-corrected chi connectivity index (χ2v) is 4.88. The number of aryl methyl sites for hydroxylation is 1. The van der Waals surface area contributed by atoms with E-state index in [0.29, 0.717) is 11.4 Å². The van der Waals surface area contributed by atoms with Gasteiger partial charge in [0.1, 0.15) is 11.6 Å². The van der Waals surface area contributed by atoms with Gasteiger partial charge in [-0.3, -0.25) is 9.36 Å². The van der Waals surface area contributed by atoms with Crippen molar-refractivity contribution in [3.05, 3.63) is 72.0 Å². The van der Waals surface area contributed by atoms with Gasteiger partial charge in [0.2, 0.25) is 5.95 Å². The Bertz CT molecular complexity index is 828. The molecule has 0 bridgehead atoms. The van der Waals surface area contributed by atoms with Gasteiger partial charge in [0.25, 0.3) is 5.91 Å². The number of amides is 1. The standard InChI is InChI=1S/C16H14FN5O/c1-11-18-7-8-22(11)15-12(3-2-6-19-15)9-21-16(23)13-4-5-14(17)20-10-13/h2-8,10H,9H2,1H3,(H,21,23). The molecule has 0 saturated heterocycles. The van der Waals surface area contributed by atoms with E-state index in [1.54, 1.807) is 18.5 Å². The molecule has 0 aliphatic heterocycles. The fourth-order valence-electron chi connectivity index (χ4n) is 2.17. The van der Waals surface area contributed by atoms with E-state index < -0.39 is 5.95 Å². The van der Waals surface area contributed by atoms with E-state index in [1.807, 2.05) is 23.8 Å². The number of aromatic nitrogens is 4. The number of imidazole rings is 1. The van der Waals surface area contributed by atoms with Crippen LogP contribution >= 0.6 is 0 Å². The van der Waals surface area contributed by atoms with Crippen molar-refractivity contribution in [1.29, 1.82) is 0 Å². The smallest absolute Gasteiger partial charge is 0.253 e. The fourth-order valence-corrected chi connectivity index (χ4v) is 2.17. The first-order chi connectivity index (χ1) is 11.1. The molecule has 0 saturated carbocycles. The highest BCUT2D eigenvalue weighted by atomic mass is 19.1. The third kappa shape index (κ3) is 3.23. The largest absolute Gasteiger partial charge is 0.348 e. The Hall–Kier alpha value is -3.09. The molecule has 0 atom stereocenters. The molecular weight excluding hydrogens is 297 g/mol. The summed E-state index contributed by atoms with van der Waals surface area (Å²) in [5, 5.41) is 2.78. The zero-order valence-electron chi connectivity index (χ0n) is 12.4. The highest BCUT2D eigenvalue weighted by molar-refractivity contribution is 5.93. The minimum Gasteiger partial charge on any atom is -0.348 e. The van der Waals surface area contributed by atoms with Crippen molar-refractivity contribution in [1.82, 2.24) is 24.8 Å². The van der Waals surface area contributed by atoms with E-state index in [9.17, 15) is 9.18 Å². The Kier molecular flexibility index (Phi) is 4.09. The number of hydrogen-bond acceptors (Lipinski definition) is 4. The van der Waals surface area contributed by atoms with E-state index in [-0.39, 0.29) is 12.5 Å². The first-order valence-corrected chi connectivity index (χ1v) is 6.99. The van der Waals surface area contributed by atoms with Crippen molar-refractivity contribution in [2.75, 3.05) is 0 Å². The molecule has 0 radical (unpaired) electrons. The monoisotopic (exact) mass is 311 g/mol. The number of rotatable bonds is 4. The Morgan fingerprint density at radius 2 is 2.09 bits per heavy atom. The second-order valence-electron chi connectivity index (χ2n) is 4.88. The third-order valence-corrected chi connectivity index (χ3v) is 3.35. The summed E-state index contributed by atoms with van der Waals surface area (Å²) in [6, 6.07) is 6.22. The normalized spacial score (nSPS) is 10.5. The molecule has 0 spiro atoms. The molecule has 0 unspecified atom stereocenters. The van der Waals surface area contributed by atoms with Crippen LogP contribution < -0.4 is 5.32 Å². The number of carbonyl (C=O) groups is 1. The number of hydrogen-bond donors (Lipinski definition) is 1. The third-order valence-electron chi connectivity index (χ3n) is 3.35. The molecule has 0 aliphatic rings. The number of pyridine rings is 2. The summed E-state index contributed by atoms with van der Waals surface area (Å²) in [6.07, 6.45) is 6.39. The molecule has 0 aliphatic carbocycles. The van der Waals surface area contributed by atoms with Crippen molar-refractivity contribution < 1.29 is 9.18 Å². The van der Waals surface area contributed by atoms with Crippen LogP contribution in [0.3, 0.4) is 0 Å². The van der Waals surface area contributed by atoms with E-state index in [1.165, 1.54) is 12.3 Å². The maximum absolute atomic E-state index is 12.8. The molecule has 3 aromatic rings. The van der Waals surface area contributed by atoms with Crippen LogP contribution in [0.15, 0.2) is 49.1 Å². The molecule has 7 heteroatoms. The summed E-state index contributed by atoms with van der Waals surface area (Å²) in [7, 11) is 0. The van der Waals surface area contributed by atoms with Crippen LogP contribution in [-0.4, -0.2) is 25.4 Å². The van der Waals surface area contributed by atoms with E-state index in [0.717, 1.165) is 17.5 Å². The molecule has 23 heavy (non-hydrogen) atoms. The molecule has 0 aromatic carbocycles. The molecule has 6 nitrogen and oxygen atoms in total. The lowest BCUT2D eigenvalue weighted by molar-refractivity contribution is 0.0950. The molecule has 3 heterocycles. The van der Waals surface area contributed by atoms with Crippen LogP contribution in [0.5, 0.6) is 0 Å². The number of carbonyl (C=O) groups excluding carboxylic acids is 1. The van der Waals surface area contributed by atoms with Gasteiger partial charge in [-0.1, -0.05) is 6.07 Å². The first kappa shape index (κ1) is 14.8. The zero-order valence-corrected chi connectivity index (χ0v) is 12.4. The molecule has 116 valence electrons. The highest BCUT2D eigenvalue weighted by Gasteiger charge is 2.11. The maximum Gasteiger partial charge on any atom is 0.253 e. The van der Waals surface area contributed by atoms with Gasteiger partial charge in [-0.25, -0.2) is 15.0 Å². The quantitative estimate of drug-likeness (QED) is 0.748. The van der Waals surface area contributed by atoms with Gasteiger partial charge in [-0.2, -0.15) is 4.39 Å². The van der Waals surface area contributed by atoms with Crippen LogP contribution in [0, 0.1) is 12.9 Å². The average Bonchev–Trinajstić information content (AvgIpc) is 2.99. The topological polar surface area (TPSA) is 72.7 Å². The summed E-state index contributed by atoms with van der Waals surface area (Å²) in [6.45, 7) is 2.16. The fraction of sp³-hybridized carbons (Fsp3) is 0.125. The van der Waals surface area contributed by atoms with Crippen LogP contribution in [-0.2, 0) is 6.54 Å². The van der Waals surface area contributed by atoms with Gasteiger partial charge in [-0.15, -0.1) is 0 Å². The highest BCUT2D eigenvalue weighted by Crippen LogP contribution is 2.13. The van der Waals surface area contributed by atoms with Crippen LogP contribution in [0.4, 0.5) is 4.39 Å². The lowest BCUT2D eigenvalue weighted by Gasteiger charge is -2.11. The number of halogens is 1. The summed E-state index contributed by atoms with van der Waals surface area (Å²) < 4.78 is 14.6. The molecule has 1 N–H and O–H groups in total. The summed E-state index contributed by atoms with van der Waals surface area (Å²) in [4.78, 5) is 24.1. The molecule has 0 fully saturated rings. The number of nitrogens with zero attached hydrogens (tertiary/aromatic N) is 4. The molecule has 3 rings (SSSR count). The van der Waals surface area contributed by atoms with Crippen LogP contribution in [0.25, 0.3) is 5.82 Å². The Balaban J connectivity index is 1.78. The Morgan fingerprint density at radius 3 is 2.78 bits per heavy atom. The van der Waals surface area contributed by atoms with Crippen molar-refractivity contribution in [2.45, 2.75) is 13.5 Å². The maximum atomic E-state index is 12.8. The average molecular weight is 311 g/mol. The minimum atomic E-state index is -0.619. The van der Waals surface area contributed by atoms with E-state index in [4.69, 9.17) is 0 Å². The lowest BCUT2D eigenvalue weighted by atomic mass is 10.2. The van der Waals surface area contributed by atoms with Gasteiger partial charge >= 0.3 is 0 Å². The molecular formula is C16H14FN5O. The molecule has 1 amide bonds. The summed E-state index contributed by atoms with van der Waals surface area (Å²) in [5.41, 5.74) is 1.15. The summed E-state index contributed by atoms with van der Waals surface area (Å²) in [5.74, 6) is 0.570. The zero-order chi connectivity index (χ0) is 16.2. The predicted molar refractivity (Wildman–Crippen MR) is 81.5 cm³/mol. The van der Waals surface area contributed by atoms with Crippen molar-refractivity contribution in [3.8, 4) is 5.82 Å². The number of nitrogens with one attached hydrogen (secondary N) is 1. The SMILES string of the molecule is Cc1nccn1-c1ncccc1CNC(=O)c1ccc(F)nc1. The van der Waals surface area contributed by atoms with Gasteiger partial charge in [-0.05, 0) is 25.1 Å². The lowest BCUT2D eigenvalue weighted by Crippen LogP contribution is -2.24. The van der Waals surface area contributed by atoms with Crippen molar-refractivity contribution in [3.63, 3.8) is 0 Å². The Labute approximate surface area is 132 Å².